The second-order valence-electron chi connectivity index (χ2n) is 6.00. The number of nitrogens with one attached hydrogen (secondary N) is 1. The van der Waals surface area contributed by atoms with Gasteiger partial charge in [-0.1, -0.05) is 41.9 Å². The van der Waals surface area contributed by atoms with E-state index in [-0.39, 0.29) is 18.9 Å². The van der Waals surface area contributed by atoms with Gasteiger partial charge in [-0.05, 0) is 42.7 Å². The fourth-order valence-electron chi connectivity index (χ4n) is 2.55. The van der Waals surface area contributed by atoms with Crippen molar-refractivity contribution in [1.82, 2.24) is 5.32 Å². The van der Waals surface area contributed by atoms with E-state index in [9.17, 15) is 13.2 Å². The van der Waals surface area contributed by atoms with Crippen LogP contribution in [0.4, 0.5) is 5.69 Å². The average Bonchev–Trinajstić information content (AvgIpc) is 2.60. The molecule has 0 spiro atoms. The van der Waals surface area contributed by atoms with Crippen molar-refractivity contribution >= 4 is 33.2 Å². The normalized spacial score (nSPS) is 11.2. The lowest BCUT2D eigenvalue weighted by Crippen LogP contribution is -2.35. The monoisotopic (exact) mass is 394 g/mol. The molecule has 0 bridgehead atoms. The second-order valence-corrected chi connectivity index (χ2v) is 8.34. The van der Waals surface area contributed by atoms with Gasteiger partial charge in [0.25, 0.3) is 0 Å². The first kappa shape index (κ1) is 20.3. The summed E-state index contributed by atoms with van der Waals surface area (Å²) in [4.78, 5) is 12.0. The Morgan fingerprint density at radius 2 is 1.73 bits per heavy atom. The Morgan fingerprint density at radius 3 is 2.35 bits per heavy atom. The molecule has 140 valence electrons. The van der Waals surface area contributed by atoms with Gasteiger partial charge in [-0.25, -0.2) is 8.42 Å². The Morgan fingerprint density at radius 1 is 1.08 bits per heavy atom. The van der Waals surface area contributed by atoms with Crippen molar-refractivity contribution in [3.8, 4) is 0 Å². The zero-order valence-electron chi connectivity index (χ0n) is 14.7. The van der Waals surface area contributed by atoms with Gasteiger partial charge in [0.15, 0.2) is 0 Å². The van der Waals surface area contributed by atoms with Crippen LogP contribution >= 0.6 is 11.6 Å². The number of benzene rings is 2. The minimum atomic E-state index is -3.48. The predicted octanol–water partition coefficient (Wildman–Crippen LogP) is 3.25. The molecular formula is C19H23ClN2O3S. The zero-order valence-corrected chi connectivity index (χ0v) is 16.3. The molecule has 1 N–H and O–H groups in total. The lowest BCUT2D eigenvalue weighted by Gasteiger charge is -2.22. The van der Waals surface area contributed by atoms with Crippen molar-refractivity contribution in [3.63, 3.8) is 0 Å². The first-order valence-electron chi connectivity index (χ1n) is 8.40. The summed E-state index contributed by atoms with van der Waals surface area (Å²) in [7, 11) is -3.48. The Kier molecular flexibility index (Phi) is 7.48. The molecule has 0 saturated heterocycles. The third-order valence-electron chi connectivity index (χ3n) is 3.86. The highest BCUT2D eigenvalue weighted by Gasteiger charge is 2.18. The topological polar surface area (TPSA) is 66.5 Å². The van der Waals surface area contributed by atoms with E-state index in [1.54, 1.807) is 24.3 Å². The van der Waals surface area contributed by atoms with Crippen LogP contribution in [0.2, 0.25) is 5.02 Å². The molecule has 7 heteroatoms. The minimum Gasteiger partial charge on any atom is -0.356 e. The van der Waals surface area contributed by atoms with E-state index in [1.807, 2.05) is 18.2 Å². The first-order chi connectivity index (χ1) is 12.4. The number of sulfonamides is 1. The van der Waals surface area contributed by atoms with Crippen molar-refractivity contribution in [2.24, 2.45) is 0 Å². The molecule has 2 aromatic rings. The number of carbonyl (C=O) groups is 1. The zero-order chi connectivity index (χ0) is 19.0. The highest BCUT2D eigenvalue weighted by atomic mass is 35.5. The van der Waals surface area contributed by atoms with Gasteiger partial charge in [-0.15, -0.1) is 0 Å². The van der Waals surface area contributed by atoms with Crippen LogP contribution < -0.4 is 9.62 Å². The van der Waals surface area contributed by atoms with Gasteiger partial charge in [0.2, 0.25) is 15.9 Å². The summed E-state index contributed by atoms with van der Waals surface area (Å²) in [5, 5.41) is 3.37. The fourth-order valence-corrected chi connectivity index (χ4v) is 3.60. The maximum absolute atomic E-state index is 12.0. The Labute approximate surface area is 160 Å². The van der Waals surface area contributed by atoms with Crippen LogP contribution in [0.1, 0.15) is 18.4 Å². The number of carbonyl (C=O) groups excluding carboxylic acids is 1. The number of aryl methyl sites for hydroxylation is 1. The van der Waals surface area contributed by atoms with Gasteiger partial charge >= 0.3 is 0 Å². The average molecular weight is 395 g/mol. The van der Waals surface area contributed by atoms with Crippen LogP contribution in [0.5, 0.6) is 0 Å². The Bertz CT molecular complexity index is 808. The van der Waals surface area contributed by atoms with Crippen LogP contribution in [0.3, 0.4) is 0 Å². The number of amides is 1. The minimum absolute atomic E-state index is 0.0883. The van der Waals surface area contributed by atoms with Crippen molar-refractivity contribution < 1.29 is 13.2 Å². The van der Waals surface area contributed by atoms with Crippen LogP contribution in [-0.2, 0) is 21.2 Å². The molecule has 0 heterocycles. The number of nitrogens with zero attached hydrogens (tertiary/aromatic N) is 1. The molecule has 2 rings (SSSR count). The summed E-state index contributed by atoms with van der Waals surface area (Å²) in [6.07, 6.45) is 2.95. The summed E-state index contributed by atoms with van der Waals surface area (Å²) in [5.41, 5.74) is 1.72. The number of hydrogen-bond donors (Lipinski definition) is 1. The third kappa shape index (κ3) is 6.69. The van der Waals surface area contributed by atoms with Crippen LogP contribution in [0, 0.1) is 0 Å². The van der Waals surface area contributed by atoms with Crippen molar-refractivity contribution in [3.05, 3.63) is 65.2 Å². The summed E-state index contributed by atoms with van der Waals surface area (Å²) in [5.74, 6) is -0.166. The van der Waals surface area contributed by atoms with E-state index in [0.29, 0.717) is 17.3 Å². The number of hydrogen-bond acceptors (Lipinski definition) is 3. The number of rotatable bonds is 9. The van der Waals surface area contributed by atoms with E-state index in [0.717, 1.165) is 19.1 Å². The molecule has 0 aliphatic carbocycles. The molecular weight excluding hydrogens is 372 g/mol. The summed E-state index contributed by atoms with van der Waals surface area (Å²) < 4.78 is 25.2. The van der Waals surface area contributed by atoms with Gasteiger partial charge < -0.3 is 5.32 Å². The Balaban J connectivity index is 1.80. The highest BCUT2D eigenvalue weighted by Crippen LogP contribution is 2.20. The van der Waals surface area contributed by atoms with Crippen LogP contribution in [-0.4, -0.2) is 33.7 Å². The molecule has 0 radical (unpaired) electrons. The molecule has 0 atom stereocenters. The van der Waals surface area contributed by atoms with Gasteiger partial charge in [0.1, 0.15) is 0 Å². The van der Waals surface area contributed by atoms with Crippen molar-refractivity contribution in [1.29, 1.82) is 0 Å². The molecule has 0 aliphatic rings. The molecule has 0 saturated carbocycles. The summed E-state index contributed by atoms with van der Waals surface area (Å²) in [6, 6.07) is 16.6. The molecule has 26 heavy (non-hydrogen) atoms. The van der Waals surface area contributed by atoms with Gasteiger partial charge in [0.05, 0.1) is 11.9 Å². The van der Waals surface area contributed by atoms with Gasteiger partial charge in [-0.3, -0.25) is 9.10 Å². The molecule has 2 aromatic carbocycles. The molecule has 0 aliphatic heterocycles. The lowest BCUT2D eigenvalue weighted by molar-refractivity contribution is -0.120. The SMILES string of the molecule is CS(=O)(=O)N(CCC(=O)NCCCc1ccccc1)c1ccc(Cl)cc1. The Hall–Kier alpha value is -2.05. The quantitative estimate of drug-likeness (QED) is 0.664. The lowest BCUT2D eigenvalue weighted by atomic mass is 10.1. The second kappa shape index (κ2) is 9.59. The van der Waals surface area contributed by atoms with Gasteiger partial charge in [-0.2, -0.15) is 0 Å². The molecule has 0 unspecified atom stereocenters. The first-order valence-corrected chi connectivity index (χ1v) is 10.6. The standard InChI is InChI=1S/C19H23ClN2O3S/c1-26(24,25)22(18-11-9-17(20)10-12-18)15-13-19(23)21-14-5-8-16-6-3-2-4-7-16/h2-4,6-7,9-12H,5,8,13-15H2,1H3,(H,21,23). The van der Waals surface area contributed by atoms with E-state index in [2.05, 4.69) is 17.4 Å². The largest absolute Gasteiger partial charge is 0.356 e. The number of anilines is 1. The molecule has 0 aromatic heterocycles. The van der Waals surface area contributed by atoms with Crippen LogP contribution in [0.15, 0.2) is 54.6 Å². The molecule has 0 fully saturated rings. The smallest absolute Gasteiger partial charge is 0.232 e. The van der Waals surface area contributed by atoms with E-state index in [1.165, 1.54) is 9.87 Å². The van der Waals surface area contributed by atoms with E-state index < -0.39 is 10.0 Å². The molecule has 5 nitrogen and oxygen atoms in total. The van der Waals surface area contributed by atoms with Gasteiger partial charge in [0, 0.05) is 24.5 Å². The van der Waals surface area contributed by atoms with Crippen molar-refractivity contribution in [2.45, 2.75) is 19.3 Å². The van der Waals surface area contributed by atoms with Crippen molar-refractivity contribution in [2.75, 3.05) is 23.7 Å². The molecule has 1 amide bonds. The summed E-state index contributed by atoms with van der Waals surface area (Å²) in [6.45, 7) is 0.651. The number of halogens is 1. The fraction of sp³-hybridized carbons (Fsp3) is 0.316. The highest BCUT2D eigenvalue weighted by molar-refractivity contribution is 7.92. The third-order valence-corrected chi connectivity index (χ3v) is 5.31. The van der Waals surface area contributed by atoms with Crippen LogP contribution in [0.25, 0.3) is 0 Å². The maximum Gasteiger partial charge on any atom is 0.232 e. The maximum atomic E-state index is 12.0. The van der Waals surface area contributed by atoms with E-state index >= 15 is 0 Å². The predicted molar refractivity (Wildman–Crippen MR) is 106 cm³/mol. The summed E-state index contributed by atoms with van der Waals surface area (Å²) >= 11 is 5.84. The van der Waals surface area contributed by atoms with E-state index in [4.69, 9.17) is 11.6 Å².